The van der Waals surface area contributed by atoms with Crippen LogP contribution >= 0.6 is 45.2 Å². The largest absolute Gasteiger partial charge is 0.394 e. The number of aryl methyl sites for hydroxylation is 2. The molecule has 8 aromatic rings. The van der Waals surface area contributed by atoms with Gasteiger partial charge in [-0.15, -0.1) is 6.58 Å². The molecular weight excluding hydrogens is 1260 g/mol. The van der Waals surface area contributed by atoms with E-state index in [4.69, 9.17) is 0 Å². The third-order valence-corrected chi connectivity index (χ3v) is 15.6. The fourth-order valence-electron chi connectivity index (χ4n) is 9.65. The summed E-state index contributed by atoms with van der Waals surface area (Å²) in [5.41, 5.74) is -2.27. The SMILES string of the molecule is C=CCn1c(=O)c2c(Nc3ccc(I)cc3F)n(C)c(=O)c(C)c2n(-c2cccc(C(=O)CC3CC3)c2)c1=O.Cc1c(=O)n(C)c(Nc2ccc(I)cc2F)c2c(=O)n(CC(O)CO)c(=O)n(-c3cccc(C(=O)CC4CC4)c3)c12. The van der Waals surface area contributed by atoms with E-state index in [2.05, 4.69) is 17.2 Å². The fraction of sp³-hybridized carbons (Fsp3) is 0.276. The molecule has 1 atom stereocenters. The molecule has 0 bridgehead atoms. The van der Waals surface area contributed by atoms with E-state index in [1.807, 2.05) is 45.2 Å². The monoisotopic (exact) mass is 1310 g/mol. The predicted octanol–water partition coefficient (Wildman–Crippen LogP) is 7.80. The van der Waals surface area contributed by atoms with Crippen LogP contribution in [0.4, 0.5) is 31.8 Å². The molecule has 22 heteroatoms. The number of aliphatic hydroxyl groups is 2. The predicted molar refractivity (Wildman–Crippen MR) is 319 cm³/mol. The molecular formula is C58H54F2I2N8O10. The van der Waals surface area contributed by atoms with Crippen LogP contribution in [0.25, 0.3) is 33.2 Å². The number of halogens is 4. The van der Waals surface area contributed by atoms with Crippen LogP contribution < -0.4 is 44.3 Å². The number of carbonyl (C=O) groups excluding carboxylic acids is 2. The lowest BCUT2D eigenvalue weighted by Crippen LogP contribution is -2.44. The van der Waals surface area contributed by atoms with Gasteiger partial charge in [0, 0.05) is 62.9 Å². The van der Waals surface area contributed by atoms with Crippen molar-refractivity contribution in [2.45, 2.75) is 71.6 Å². The summed E-state index contributed by atoms with van der Waals surface area (Å²) in [5, 5.41) is 25.4. The normalized spacial score (nSPS) is 13.5. The minimum Gasteiger partial charge on any atom is -0.394 e. The van der Waals surface area contributed by atoms with Crippen LogP contribution in [-0.4, -0.2) is 61.9 Å². The quantitative estimate of drug-likeness (QED) is 0.0389. The molecule has 4 aromatic heterocycles. The maximum absolute atomic E-state index is 14.9. The van der Waals surface area contributed by atoms with Crippen molar-refractivity contribution < 1.29 is 28.6 Å². The molecule has 80 heavy (non-hydrogen) atoms. The molecule has 0 spiro atoms. The maximum Gasteiger partial charge on any atom is 0.336 e. The zero-order chi connectivity index (χ0) is 57.6. The second-order valence-corrected chi connectivity index (χ2v) is 22.5. The van der Waals surface area contributed by atoms with Crippen LogP contribution in [0.3, 0.4) is 0 Å². The van der Waals surface area contributed by atoms with Gasteiger partial charge in [-0.3, -0.25) is 56.2 Å². The lowest BCUT2D eigenvalue weighted by Gasteiger charge is -2.21. The molecule has 0 aliphatic heterocycles. The molecule has 4 N–H and O–H groups in total. The van der Waals surface area contributed by atoms with Gasteiger partial charge in [0.15, 0.2) is 11.6 Å². The van der Waals surface area contributed by atoms with Gasteiger partial charge in [0.1, 0.15) is 34.0 Å². The minimum atomic E-state index is -1.43. The number of Topliss-reactive ketones (excluding diaryl/α,β-unsaturated/α-hetero) is 2. The van der Waals surface area contributed by atoms with Crippen LogP contribution in [-0.2, 0) is 27.2 Å². The van der Waals surface area contributed by atoms with Gasteiger partial charge in [0.2, 0.25) is 0 Å². The average Bonchev–Trinajstić information content (AvgIpc) is 4.42. The van der Waals surface area contributed by atoms with Gasteiger partial charge in [-0.2, -0.15) is 0 Å². The zero-order valence-corrected chi connectivity index (χ0v) is 48.1. The second-order valence-electron chi connectivity index (χ2n) is 20.1. The highest BCUT2D eigenvalue weighted by Crippen LogP contribution is 2.35. The third kappa shape index (κ3) is 11.3. The van der Waals surface area contributed by atoms with E-state index in [0.29, 0.717) is 48.6 Å². The Kier molecular flexibility index (Phi) is 16.7. The summed E-state index contributed by atoms with van der Waals surface area (Å²) >= 11 is 3.94. The molecule has 18 nitrogen and oxygen atoms in total. The standard InChI is InChI=1S/C29H28FIN4O6.C29H26FIN4O4/c1-15-25-24(26(33(2)27(15)39)32-22-9-8-18(31)12-21(22)30)28(40)34(13-20(37)14-36)29(41)35(25)19-5-3-4-17(11-19)23(38)10-16-6-7-16;1-4-12-34-28(38)24-25(16(2)27(37)33(3)26(24)32-22-11-10-19(31)15-21(22)30)35(29(34)39)20-7-5-6-18(14-20)23(36)13-17-8-9-17/h3-5,8-9,11-12,16,20,32,36-37H,6-7,10,13-14H2,1-2H3;4-7,10-11,14-15,17,32H,1,8-9,12-13H2,2-3H3. The van der Waals surface area contributed by atoms with E-state index < -0.39 is 64.5 Å². The Balaban J connectivity index is 0.000000194. The highest BCUT2D eigenvalue weighted by molar-refractivity contribution is 14.1. The van der Waals surface area contributed by atoms with Gasteiger partial charge in [-0.05, 0) is 157 Å². The Morgan fingerprint density at radius 1 is 0.650 bits per heavy atom. The fourth-order valence-corrected chi connectivity index (χ4v) is 10.6. The number of pyridine rings is 2. The molecule has 414 valence electrons. The number of allylic oxidation sites excluding steroid dienone is 1. The van der Waals surface area contributed by atoms with Crippen LogP contribution in [0.2, 0.25) is 0 Å². The number of aromatic nitrogens is 6. The van der Waals surface area contributed by atoms with E-state index in [1.165, 1.54) is 73.5 Å². The summed E-state index contributed by atoms with van der Waals surface area (Å²) in [6.07, 6.45) is 4.86. The summed E-state index contributed by atoms with van der Waals surface area (Å²) in [5.74, 6) is -0.591. The van der Waals surface area contributed by atoms with Crippen molar-refractivity contribution in [1.29, 1.82) is 0 Å². The molecule has 2 saturated carbocycles. The number of rotatable bonds is 17. The summed E-state index contributed by atoms with van der Waals surface area (Å²) in [6, 6.07) is 21.9. The van der Waals surface area contributed by atoms with Gasteiger partial charge >= 0.3 is 11.4 Å². The third-order valence-electron chi connectivity index (χ3n) is 14.3. The van der Waals surface area contributed by atoms with Crippen molar-refractivity contribution in [1.82, 2.24) is 27.4 Å². The Bertz CT molecular complexity index is 4270. The smallest absolute Gasteiger partial charge is 0.336 e. The van der Waals surface area contributed by atoms with Crippen molar-refractivity contribution in [3.05, 3.63) is 201 Å². The highest BCUT2D eigenvalue weighted by Gasteiger charge is 2.29. The van der Waals surface area contributed by atoms with Crippen molar-refractivity contribution in [2.24, 2.45) is 25.9 Å². The minimum absolute atomic E-state index is 0.00247. The van der Waals surface area contributed by atoms with Crippen LogP contribution in [0.15, 0.2) is 126 Å². The first-order valence-electron chi connectivity index (χ1n) is 25.5. The Morgan fingerprint density at radius 2 is 1.06 bits per heavy atom. The number of ketones is 2. The molecule has 1 unspecified atom stereocenters. The summed E-state index contributed by atoms with van der Waals surface area (Å²) in [7, 11) is 2.90. The van der Waals surface area contributed by atoms with Crippen molar-refractivity contribution >= 4 is 102 Å². The van der Waals surface area contributed by atoms with E-state index in [0.717, 1.165) is 44.0 Å². The molecule has 2 aliphatic carbocycles. The van der Waals surface area contributed by atoms with Crippen molar-refractivity contribution in [3.8, 4) is 11.4 Å². The van der Waals surface area contributed by atoms with Crippen LogP contribution in [0.1, 0.15) is 70.4 Å². The first-order valence-corrected chi connectivity index (χ1v) is 27.7. The lowest BCUT2D eigenvalue weighted by atomic mass is 10.0. The van der Waals surface area contributed by atoms with Gasteiger partial charge in [0.05, 0.1) is 53.0 Å². The first kappa shape index (κ1) is 57.3. The number of anilines is 4. The van der Waals surface area contributed by atoms with E-state index in [1.54, 1.807) is 54.6 Å². The Labute approximate surface area is 481 Å². The molecule has 2 fully saturated rings. The Morgan fingerprint density at radius 3 is 1.45 bits per heavy atom. The summed E-state index contributed by atoms with van der Waals surface area (Å²) in [4.78, 5) is 108. The van der Waals surface area contributed by atoms with Gasteiger partial charge in [-0.25, -0.2) is 18.4 Å². The number of hydrogen-bond acceptors (Lipinski definition) is 12. The molecule has 2 aliphatic rings. The molecule has 0 amide bonds. The Hall–Kier alpha value is -7.42. The summed E-state index contributed by atoms with van der Waals surface area (Å²) < 4.78 is 37.6. The number of benzene rings is 4. The molecule has 0 radical (unpaired) electrons. The molecule has 4 heterocycles. The number of hydrogen-bond donors (Lipinski definition) is 4. The van der Waals surface area contributed by atoms with Gasteiger partial charge in [-0.1, -0.05) is 30.3 Å². The van der Waals surface area contributed by atoms with Gasteiger partial charge in [0.25, 0.3) is 22.2 Å². The summed E-state index contributed by atoms with van der Waals surface area (Å²) in [6.45, 7) is 5.35. The average molecular weight is 1310 g/mol. The van der Waals surface area contributed by atoms with Crippen molar-refractivity contribution in [3.63, 3.8) is 0 Å². The highest BCUT2D eigenvalue weighted by atomic mass is 127. The second kappa shape index (κ2) is 23.3. The number of nitrogens with one attached hydrogen (secondary N) is 2. The van der Waals surface area contributed by atoms with E-state index >= 15 is 0 Å². The van der Waals surface area contributed by atoms with Crippen LogP contribution in [0, 0.1) is 44.5 Å². The molecule has 4 aromatic carbocycles. The number of aliphatic hydroxyl groups excluding tert-OH is 2. The maximum atomic E-state index is 14.9. The van der Waals surface area contributed by atoms with Crippen molar-refractivity contribution in [2.75, 3.05) is 17.2 Å². The number of carbonyl (C=O) groups is 2. The first-order chi connectivity index (χ1) is 38.1. The van der Waals surface area contributed by atoms with E-state index in [9.17, 15) is 57.4 Å². The zero-order valence-electron chi connectivity index (χ0n) is 43.8. The van der Waals surface area contributed by atoms with Gasteiger partial charge < -0.3 is 20.8 Å². The molecule has 0 saturated heterocycles. The molecule has 10 rings (SSSR count). The number of nitrogens with zero attached hydrogens (tertiary/aromatic N) is 6. The van der Waals surface area contributed by atoms with Crippen LogP contribution in [0.5, 0.6) is 0 Å². The number of fused-ring (bicyclic) bond motifs is 2. The topological polar surface area (TPSA) is 231 Å². The lowest BCUT2D eigenvalue weighted by molar-refractivity contribution is 0.0793. The van der Waals surface area contributed by atoms with E-state index in [-0.39, 0.29) is 79.7 Å².